The molecule has 0 bridgehead atoms. The molecule has 0 aromatic heterocycles. The van der Waals surface area contributed by atoms with Gasteiger partial charge < -0.3 is 5.73 Å². The molecule has 0 saturated carbocycles. The third-order valence-corrected chi connectivity index (χ3v) is 0.433. The van der Waals surface area contributed by atoms with Crippen molar-refractivity contribution in [2.45, 2.75) is 13.0 Å². The highest BCUT2D eigenvalue weighted by Gasteiger charge is 1.84. The molecule has 40 valence electrons. The molecule has 4 nitrogen and oxygen atoms in total. The van der Waals surface area contributed by atoms with Crippen molar-refractivity contribution in [3.05, 3.63) is 10.4 Å². The molecule has 0 aliphatic heterocycles. The highest BCUT2D eigenvalue weighted by atomic mass is 15.1. The van der Waals surface area contributed by atoms with Gasteiger partial charge in [0.05, 0.1) is 0 Å². The molecule has 7 heavy (non-hydrogen) atoms. The average Bonchev–Trinajstić information content (AvgIpc) is 1.61. The quantitative estimate of drug-likeness (QED) is 0.308. The molecule has 4 heteroatoms. The van der Waals surface area contributed by atoms with Gasteiger partial charge in [0.25, 0.3) is 0 Å². The van der Waals surface area contributed by atoms with E-state index in [1.165, 1.54) is 0 Å². The third-order valence-electron chi connectivity index (χ3n) is 0.433. The van der Waals surface area contributed by atoms with E-state index in [0.717, 1.165) is 0 Å². The zero-order valence-corrected chi connectivity index (χ0v) is 4.20. The summed E-state index contributed by atoms with van der Waals surface area (Å²) in [6.45, 7) is 2.17. The van der Waals surface area contributed by atoms with Crippen molar-refractivity contribution in [3.63, 3.8) is 0 Å². The zero-order valence-electron chi connectivity index (χ0n) is 4.20. The van der Waals surface area contributed by atoms with Gasteiger partial charge in [-0.3, -0.25) is 0 Å². The smallest absolute Gasteiger partial charge is 0.0407 e. The van der Waals surface area contributed by atoms with Crippen molar-refractivity contribution < 1.29 is 0 Å². The Kier molecular flexibility index (Phi) is 3.10. The first-order chi connectivity index (χ1) is 3.27. The van der Waals surface area contributed by atoms with Gasteiger partial charge in [-0.25, -0.2) is 0 Å². The lowest BCUT2D eigenvalue weighted by atomic mass is 10.4. The van der Waals surface area contributed by atoms with Gasteiger partial charge in [-0.05, 0) is 12.5 Å². The van der Waals surface area contributed by atoms with E-state index in [1.54, 1.807) is 6.92 Å². The first kappa shape index (κ1) is 6.27. The molecule has 0 aromatic carbocycles. The van der Waals surface area contributed by atoms with Crippen LogP contribution in [0.5, 0.6) is 0 Å². The molecule has 0 aromatic rings. The summed E-state index contributed by atoms with van der Waals surface area (Å²) < 4.78 is 0. The average molecular weight is 100 g/mol. The Morgan fingerprint density at radius 3 is 2.71 bits per heavy atom. The lowest BCUT2D eigenvalue weighted by Crippen LogP contribution is -2.17. The molecule has 0 rings (SSSR count). The SMILES string of the molecule is CC(N)CN=[N+]=[N-]. The van der Waals surface area contributed by atoms with Gasteiger partial charge in [-0.1, -0.05) is 5.11 Å². The summed E-state index contributed by atoms with van der Waals surface area (Å²) in [6, 6.07) is -0.0177. The summed E-state index contributed by atoms with van der Waals surface area (Å²) >= 11 is 0. The van der Waals surface area contributed by atoms with Crippen molar-refractivity contribution in [3.8, 4) is 0 Å². The second-order valence-electron chi connectivity index (χ2n) is 1.39. The van der Waals surface area contributed by atoms with E-state index in [2.05, 4.69) is 10.0 Å². The Bertz CT molecular complexity index is 80.9. The Hall–Kier alpha value is -0.730. The summed E-state index contributed by atoms with van der Waals surface area (Å²) in [6.07, 6.45) is 0. The maximum Gasteiger partial charge on any atom is 0.0407 e. The van der Waals surface area contributed by atoms with Crippen LogP contribution < -0.4 is 5.73 Å². The molecular weight excluding hydrogens is 92.1 g/mol. The number of azide groups is 1. The molecule has 2 N–H and O–H groups in total. The minimum atomic E-state index is -0.0177. The molecule has 0 amide bonds. The molecular formula is C3H8N4. The molecule has 0 spiro atoms. The summed E-state index contributed by atoms with van der Waals surface area (Å²) in [5.41, 5.74) is 12.9. The van der Waals surface area contributed by atoms with Crippen LogP contribution >= 0.6 is 0 Å². The fourth-order valence-electron chi connectivity index (χ4n) is 0.165. The van der Waals surface area contributed by atoms with E-state index >= 15 is 0 Å². The monoisotopic (exact) mass is 100 g/mol. The van der Waals surface area contributed by atoms with E-state index in [9.17, 15) is 0 Å². The first-order valence-corrected chi connectivity index (χ1v) is 2.04. The Balaban J connectivity index is 3.13. The fraction of sp³-hybridized carbons (Fsp3) is 1.00. The molecule has 0 radical (unpaired) electrons. The van der Waals surface area contributed by atoms with Crippen molar-refractivity contribution >= 4 is 0 Å². The van der Waals surface area contributed by atoms with E-state index < -0.39 is 0 Å². The molecule has 0 aliphatic carbocycles. The summed E-state index contributed by atoms with van der Waals surface area (Å²) in [7, 11) is 0. The van der Waals surface area contributed by atoms with Gasteiger partial charge in [-0.2, -0.15) is 0 Å². The highest BCUT2D eigenvalue weighted by molar-refractivity contribution is 4.55. The second-order valence-corrected chi connectivity index (χ2v) is 1.39. The standard InChI is InChI=1S/C3H8N4/c1-3(4)2-6-7-5/h3H,2,4H2,1H3. The van der Waals surface area contributed by atoms with Crippen LogP contribution in [0.2, 0.25) is 0 Å². The maximum absolute atomic E-state index is 7.72. The number of hydrogen-bond acceptors (Lipinski definition) is 2. The van der Waals surface area contributed by atoms with Crippen molar-refractivity contribution in [2.75, 3.05) is 6.54 Å². The Morgan fingerprint density at radius 2 is 2.57 bits per heavy atom. The van der Waals surface area contributed by atoms with Crippen LogP contribution in [-0.4, -0.2) is 12.6 Å². The molecule has 0 fully saturated rings. The third kappa shape index (κ3) is 5.27. The van der Waals surface area contributed by atoms with Crippen LogP contribution in [0.1, 0.15) is 6.92 Å². The van der Waals surface area contributed by atoms with Crippen molar-refractivity contribution in [1.29, 1.82) is 0 Å². The highest BCUT2D eigenvalue weighted by Crippen LogP contribution is 1.75. The van der Waals surface area contributed by atoms with E-state index in [4.69, 9.17) is 11.3 Å². The van der Waals surface area contributed by atoms with Crippen LogP contribution in [0.3, 0.4) is 0 Å². The van der Waals surface area contributed by atoms with Crippen LogP contribution in [0, 0.1) is 0 Å². The maximum atomic E-state index is 7.72. The molecule has 0 saturated heterocycles. The molecule has 1 atom stereocenters. The largest absolute Gasteiger partial charge is 0.328 e. The van der Waals surface area contributed by atoms with Crippen molar-refractivity contribution in [2.24, 2.45) is 10.8 Å². The molecule has 1 unspecified atom stereocenters. The van der Waals surface area contributed by atoms with Crippen LogP contribution in [-0.2, 0) is 0 Å². The van der Waals surface area contributed by atoms with E-state index in [0.29, 0.717) is 6.54 Å². The predicted molar refractivity (Wildman–Crippen MR) is 27.7 cm³/mol. The van der Waals surface area contributed by atoms with Crippen LogP contribution in [0.25, 0.3) is 10.4 Å². The summed E-state index contributed by atoms with van der Waals surface area (Å²) in [5.74, 6) is 0. The minimum absolute atomic E-state index is 0.0177. The van der Waals surface area contributed by atoms with Gasteiger partial charge in [0.1, 0.15) is 0 Å². The Labute approximate surface area is 41.9 Å². The molecule has 0 heterocycles. The van der Waals surface area contributed by atoms with Crippen molar-refractivity contribution in [1.82, 2.24) is 0 Å². The van der Waals surface area contributed by atoms with Gasteiger partial charge in [0.15, 0.2) is 0 Å². The topological polar surface area (TPSA) is 74.8 Å². The minimum Gasteiger partial charge on any atom is -0.328 e. The van der Waals surface area contributed by atoms with Gasteiger partial charge >= 0.3 is 0 Å². The second kappa shape index (κ2) is 3.46. The normalized spacial score (nSPS) is 12.3. The Morgan fingerprint density at radius 1 is 2.00 bits per heavy atom. The lowest BCUT2D eigenvalue weighted by molar-refractivity contribution is 0.749. The van der Waals surface area contributed by atoms with E-state index in [1.807, 2.05) is 0 Å². The molecule has 0 aliphatic rings. The summed E-state index contributed by atoms with van der Waals surface area (Å²) in [5, 5.41) is 3.23. The van der Waals surface area contributed by atoms with Gasteiger partial charge in [0, 0.05) is 17.5 Å². The summed E-state index contributed by atoms with van der Waals surface area (Å²) in [4.78, 5) is 2.52. The van der Waals surface area contributed by atoms with Crippen LogP contribution in [0.15, 0.2) is 5.11 Å². The van der Waals surface area contributed by atoms with Gasteiger partial charge in [-0.15, -0.1) is 0 Å². The number of nitrogens with zero attached hydrogens (tertiary/aromatic N) is 3. The first-order valence-electron chi connectivity index (χ1n) is 2.04. The number of hydrogen-bond donors (Lipinski definition) is 1. The van der Waals surface area contributed by atoms with Gasteiger partial charge in [0.2, 0.25) is 0 Å². The number of nitrogens with two attached hydrogens (primary N) is 1. The fourth-order valence-corrected chi connectivity index (χ4v) is 0.165. The lowest BCUT2D eigenvalue weighted by Gasteiger charge is -1.92. The number of rotatable bonds is 2. The predicted octanol–water partition coefficient (Wildman–Crippen LogP) is 0.644. The van der Waals surface area contributed by atoms with Crippen LogP contribution in [0.4, 0.5) is 0 Å². The zero-order chi connectivity index (χ0) is 5.70. The van der Waals surface area contributed by atoms with E-state index in [-0.39, 0.29) is 6.04 Å².